The van der Waals surface area contributed by atoms with Crippen LogP contribution in [0.1, 0.15) is 18.1 Å². The SMILES string of the molecule is CCOc1cc(/C=C2\C(=O)NC(=S)N(c3cccc(Cl)c3Cl)C2=O)c(Br)cc1OCc1ccc(F)cc1. The summed E-state index contributed by atoms with van der Waals surface area (Å²) in [5, 5.41) is 2.76. The van der Waals surface area contributed by atoms with E-state index < -0.39 is 11.8 Å². The van der Waals surface area contributed by atoms with Crippen molar-refractivity contribution in [2.45, 2.75) is 13.5 Å². The highest BCUT2D eigenvalue weighted by Gasteiger charge is 2.36. The molecule has 1 aliphatic heterocycles. The second-order valence-corrected chi connectivity index (χ2v) is 9.73. The molecule has 0 radical (unpaired) electrons. The summed E-state index contributed by atoms with van der Waals surface area (Å²) in [6.45, 7) is 2.34. The number of nitrogens with zero attached hydrogens (tertiary/aromatic N) is 1. The van der Waals surface area contributed by atoms with E-state index >= 15 is 0 Å². The Kier molecular flexibility index (Phi) is 8.49. The van der Waals surface area contributed by atoms with Crippen LogP contribution in [0.5, 0.6) is 11.5 Å². The monoisotopic (exact) mass is 622 g/mol. The molecule has 190 valence electrons. The van der Waals surface area contributed by atoms with Crippen molar-refractivity contribution in [2.24, 2.45) is 0 Å². The molecule has 0 saturated carbocycles. The van der Waals surface area contributed by atoms with Crippen molar-refractivity contribution in [3.8, 4) is 11.5 Å². The minimum atomic E-state index is -0.667. The number of carbonyl (C=O) groups is 2. The van der Waals surface area contributed by atoms with E-state index in [9.17, 15) is 14.0 Å². The Balaban J connectivity index is 1.68. The minimum absolute atomic E-state index is 0.116. The van der Waals surface area contributed by atoms with Gasteiger partial charge >= 0.3 is 0 Å². The normalized spacial score (nSPS) is 14.7. The average molecular weight is 624 g/mol. The topological polar surface area (TPSA) is 67.9 Å². The van der Waals surface area contributed by atoms with Crippen molar-refractivity contribution in [3.05, 3.63) is 91.6 Å². The number of nitrogens with one attached hydrogen (secondary N) is 1. The smallest absolute Gasteiger partial charge is 0.270 e. The van der Waals surface area contributed by atoms with Crippen LogP contribution in [0.3, 0.4) is 0 Å². The Morgan fingerprint density at radius 1 is 1.08 bits per heavy atom. The number of halogens is 4. The van der Waals surface area contributed by atoms with Gasteiger partial charge in [0, 0.05) is 4.47 Å². The first-order valence-electron chi connectivity index (χ1n) is 10.9. The first-order valence-corrected chi connectivity index (χ1v) is 12.8. The first kappa shape index (κ1) is 27.1. The Labute approximate surface area is 236 Å². The molecule has 0 atom stereocenters. The van der Waals surface area contributed by atoms with E-state index in [1.807, 2.05) is 6.92 Å². The van der Waals surface area contributed by atoms with E-state index in [1.165, 1.54) is 18.2 Å². The Bertz CT molecular complexity index is 1430. The summed E-state index contributed by atoms with van der Waals surface area (Å²) in [6.07, 6.45) is 1.42. The molecule has 0 spiro atoms. The highest BCUT2D eigenvalue weighted by molar-refractivity contribution is 9.10. The third-order valence-electron chi connectivity index (χ3n) is 5.24. The van der Waals surface area contributed by atoms with E-state index in [-0.39, 0.29) is 38.8 Å². The van der Waals surface area contributed by atoms with Crippen LogP contribution in [-0.2, 0) is 16.2 Å². The number of rotatable bonds is 7. The van der Waals surface area contributed by atoms with Crippen molar-refractivity contribution >= 4 is 80.0 Å². The van der Waals surface area contributed by atoms with Gasteiger partial charge in [-0.2, -0.15) is 0 Å². The number of anilines is 1. The molecule has 4 rings (SSSR count). The van der Waals surface area contributed by atoms with Crippen LogP contribution < -0.4 is 19.7 Å². The molecule has 1 heterocycles. The lowest BCUT2D eigenvalue weighted by Gasteiger charge is -2.29. The zero-order valence-corrected chi connectivity index (χ0v) is 23.1. The fraction of sp³-hybridized carbons (Fsp3) is 0.115. The molecule has 37 heavy (non-hydrogen) atoms. The Morgan fingerprint density at radius 3 is 2.49 bits per heavy atom. The van der Waals surface area contributed by atoms with Crippen molar-refractivity contribution in [2.75, 3.05) is 11.5 Å². The summed E-state index contributed by atoms with van der Waals surface area (Å²) in [4.78, 5) is 27.3. The molecule has 0 aliphatic carbocycles. The predicted molar refractivity (Wildman–Crippen MR) is 149 cm³/mol. The van der Waals surface area contributed by atoms with E-state index in [0.29, 0.717) is 28.1 Å². The number of amides is 2. The van der Waals surface area contributed by atoms with Crippen LogP contribution in [-0.4, -0.2) is 23.5 Å². The van der Waals surface area contributed by atoms with Crippen LogP contribution in [0.2, 0.25) is 10.0 Å². The number of hydrogen-bond acceptors (Lipinski definition) is 5. The van der Waals surface area contributed by atoms with E-state index in [2.05, 4.69) is 21.2 Å². The second-order valence-electron chi connectivity index (χ2n) is 7.70. The molecular weight excluding hydrogens is 606 g/mol. The van der Waals surface area contributed by atoms with Gasteiger partial charge in [-0.3, -0.25) is 19.8 Å². The summed E-state index contributed by atoms with van der Waals surface area (Å²) < 4.78 is 25.4. The third kappa shape index (κ3) is 5.96. The molecule has 2 amide bonds. The molecule has 1 aliphatic rings. The standard InChI is InChI=1S/C26H18BrCl2FN2O4S/c1-2-35-21-11-15(18(27)12-22(21)36-13-14-6-8-16(30)9-7-14)10-17-24(33)31-26(37)32(25(17)34)20-5-3-4-19(28)23(20)29/h3-12H,2,13H2,1H3,(H,31,33,37)/b17-10+. The van der Waals surface area contributed by atoms with Gasteiger partial charge in [-0.05, 0) is 72.7 Å². The Morgan fingerprint density at radius 2 is 1.78 bits per heavy atom. The lowest BCUT2D eigenvalue weighted by Crippen LogP contribution is -2.54. The highest BCUT2D eigenvalue weighted by Crippen LogP contribution is 2.37. The second kappa shape index (κ2) is 11.6. The zero-order chi connectivity index (χ0) is 26.7. The molecule has 0 unspecified atom stereocenters. The van der Waals surface area contributed by atoms with Gasteiger partial charge < -0.3 is 9.47 Å². The maximum absolute atomic E-state index is 13.4. The molecule has 11 heteroatoms. The minimum Gasteiger partial charge on any atom is -0.490 e. The summed E-state index contributed by atoms with van der Waals surface area (Å²) >= 11 is 21.1. The molecule has 1 fully saturated rings. The van der Waals surface area contributed by atoms with Crippen LogP contribution in [0, 0.1) is 5.82 Å². The van der Waals surface area contributed by atoms with Crippen molar-refractivity contribution < 1.29 is 23.5 Å². The largest absolute Gasteiger partial charge is 0.490 e. The number of benzene rings is 3. The summed E-state index contributed by atoms with van der Waals surface area (Å²) in [5.41, 5.74) is 1.33. The van der Waals surface area contributed by atoms with Crippen LogP contribution in [0.4, 0.5) is 10.1 Å². The molecule has 1 saturated heterocycles. The number of ether oxygens (including phenoxy) is 2. The summed E-state index contributed by atoms with van der Waals surface area (Å²) in [6, 6.07) is 14.0. The maximum Gasteiger partial charge on any atom is 0.270 e. The highest BCUT2D eigenvalue weighted by atomic mass is 79.9. The predicted octanol–water partition coefficient (Wildman–Crippen LogP) is 6.70. The van der Waals surface area contributed by atoms with Crippen LogP contribution in [0.25, 0.3) is 6.08 Å². The van der Waals surface area contributed by atoms with Crippen molar-refractivity contribution in [1.82, 2.24) is 5.32 Å². The van der Waals surface area contributed by atoms with E-state index in [1.54, 1.807) is 42.5 Å². The average Bonchev–Trinajstić information content (AvgIpc) is 2.86. The van der Waals surface area contributed by atoms with Crippen molar-refractivity contribution in [1.29, 1.82) is 0 Å². The zero-order valence-electron chi connectivity index (χ0n) is 19.2. The Hall–Kier alpha value is -2.98. The van der Waals surface area contributed by atoms with Crippen molar-refractivity contribution in [3.63, 3.8) is 0 Å². The number of hydrogen-bond donors (Lipinski definition) is 1. The lowest BCUT2D eigenvalue weighted by atomic mass is 10.1. The molecule has 0 bridgehead atoms. The van der Waals surface area contributed by atoms with Gasteiger partial charge in [0.25, 0.3) is 11.8 Å². The van der Waals surface area contributed by atoms with Gasteiger partial charge in [-0.1, -0.05) is 57.3 Å². The van der Waals surface area contributed by atoms with Crippen LogP contribution in [0.15, 0.2) is 64.6 Å². The molecule has 3 aromatic rings. The number of thiocarbonyl (C=S) groups is 1. The third-order valence-corrected chi connectivity index (χ3v) is 7.02. The molecule has 0 aromatic heterocycles. The fourth-order valence-electron chi connectivity index (χ4n) is 3.48. The molecule has 3 aromatic carbocycles. The van der Waals surface area contributed by atoms with Gasteiger partial charge in [0.2, 0.25) is 0 Å². The quantitative estimate of drug-likeness (QED) is 0.180. The molecular formula is C26H18BrCl2FN2O4S. The van der Waals surface area contributed by atoms with Gasteiger partial charge in [0.05, 0.1) is 22.3 Å². The van der Waals surface area contributed by atoms with Gasteiger partial charge in [-0.15, -0.1) is 0 Å². The van der Waals surface area contributed by atoms with Gasteiger partial charge in [0.15, 0.2) is 16.6 Å². The summed E-state index contributed by atoms with van der Waals surface area (Å²) in [5.74, 6) is -0.843. The lowest BCUT2D eigenvalue weighted by molar-refractivity contribution is -0.122. The van der Waals surface area contributed by atoms with Gasteiger partial charge in [-0.25, -0.2) is 4.39 Å². The number of carbonyl (C=O) groups excluding carboxylic acids is 2. The van der Waals surface area contributed by atoms with Gasteiger partial charge in [0.1, 0.15) is 18.0 Å². The van der Waals surface area contributed by atoms with E-state index in [0.717, 1.165) is 10.5 Å². The summed E-state index contributed by atoms with van der Waals surface area (Å²) in [7, 11) is 0. The maximum atomic E-state index is 13.4. The van der Waals surface area contributed by atoms with E-state index in [4.69, 9.17) is 44.9 Å². The van der Waals surface area contributed by atoms with Crippen LogP contribution >= 0.6 is 51.3 Å². The molecule has 6 nitrogen and oxygen atoms in total. The fourth-order valence-corrected chi connectivity index (χ4v) is 4.57. The molecule has 1 N–H and O–H groups in total. The first-order chi connectivity index (χ1) is 17.7.